The number of hydrogen-bond acceptors (Lipinski definition) is 4. The highest BCUT2D eigenvalue weighted by atomic mass is 16.8. The van der Waals surface area contributed by atoms with Gasteiger partial charge in [-0.2, -0.15) is 0 Å². The zero-order chi connectivity index (χ0) is 8.32. The van der Waals surface area contributed by atoms with Gasteiger partial charge >= 0.3 is 0 Å². The lowest BCUT2D eigenvalue weighted by molar-refractivity contribution is -0.255. The molecule has 0 spiro atoms. The van der Waals surface area contributed by atoms with Crippen LogP contribution in [0.2, 0.25) is 0 Å². The number of ether oxygens (including phenoxy) is 3. The second-order valence-corrected chi connectivity index (χ2v) is 2.26. The first-order chi connectivity index (χ1) is 5.26. The number of methoxy groups -OCH3 is 2. The summed E-state index contributed by atoms with van der Waals surface area (Å²) in [6, 6.07) is 0. The van der Waals surface area contributed by atoms with Crippen molar-refractivity contribution in [2.45, 2.75) is 12.1 Å². The van der Waals surface area contributed by atoms with Gasteiger partial charge in [0.25, 0.3) is 0 Å². The highest BCUT2D eigenvalue weighted by Crippen LogP contribution is 2.23. The molecule has 0 aromatic heterocycles. The molecular weight excluding hydrogens is 148 g/mol. The predicted molar refractivity (Wildman–Crippen MR) is 37.8 cm³/mol. The first-order valence-electron chi connectivity index (χ1n) is 3.32. The lowest BCUT2D eigenvalue weighted by atomic mass is 10.3. The van der Waals surface area contributed by atoms with Crippen molar-refractivity contribution in [1.29, 1.82) is 0 Å². The van der Waals surface area contributed by atoms with Crippen molar-refractivity contribution in [2.75, 3.05) is 20.8 Å². The molecule has 1 rings (SSSR count). The summed E-state index contributed by atoms with van der Waals surface area (Å²) in [4.78, 5) is 0. The smallest absolute Gasteiger partial charge is 0.214 e. The fourth-order valence-electron chi connectivity index (χ4n) is 0.898. The molecule has 4 nitrogen and oxygen atoms in total. The molecule has 0 amide bonds. The van der Waals surface area contributed by atoms with Gasteiger partial charge in [-0.05, 0) is 12.2 Å². The third-order valence-electron chi connectivity index (χ3n) is 1.62. The van der Waals surface area contributed by atoms with Gasteiger partial charge in [0.2, 0.25) is 5.79 Å². The number of rotatable bonds is 3. The van der Waals surface area contributed by atoms with Crippen molar-refractivity contribution in [1.82, 2.24) is 0 Å². The van der Waals surface area contributed by atoms with E-state index in [1.807, 2.05) is 0 Å². The summed E-state index contributed by atoms with van der Waals surface area (Å²) < 4.78 is 15.0. The Morgan fingerprint density at radius 2 is 2.36 bits per heavy atom. The molecule has 0 fully saturated rings. The van der Waals surface area contributed by atoms with Crippen LogP contribution >= 0.6 is 0 Å². The molecule has 0 bridgehead atoms. The summed E-state index contributed by atoms with van der Waals surface area (Å²) >= 11 is 0. The monoisotopic (exact) mass is 160 g/mol. The van der Waals surface area contributed by atoms with Crippen LogP contribution in [0.5, 0.6) is 0 Å². The Hall–Kier alpha value is -0.420. The van der Waals surface area contributed by atoms with Crippen LogP contribution in [-0.4, -0.2) is 38.0 Å². The summed E-state index contributed by atoms with van der Waals surface area (Å²) in [5, 5.41) is 8.87. The van der Waals surface area contributed by atoms with Crippen molar-refractivity contribution < 1.29 is 19.3 Å². The maximum absolute atomic E-state index is 8.87. The van der Waals surface area contributed by atoms with E-state index in [1.165, 1.54) is 14.2 Å². The molecule has 0 saturated carbocycles. The molecule has 0 aliphatic carbocycles. The van der Waals surface area contributed by atoms with Crippen LogP contribution in [0.4, 0.5) is 0 Å². The highest BCUT2D eigenvalue weighted by Gasteiger charge is 2.34. The van der Waals surface area contributed by atoms with E-state index in [-0.39, 0.29) is 6.61 Å². The van der Waals surface area contributed by atoms with Crippen LogP contribution in [0.3, 0.4) is 0 Å². The maximum atomic E-state index is 8.87. The van der Waals surface area contributed by atoms with E-state index >= 15 is 0 Å². The van der Waals surface area contributed by atoms with Gasteiger partial charge < -0.3 is 19.3 Å². The molecule has 0 aromatic rings. The summed E-state index contributed by atoms with van der Waals surface area (Å²) in [7, 11) is 3.00. The van der Waals surface area contributed by atoms with Crippen molar-refractivity contribution in [2.24, 2.45) is 0 Å². The van der Waals surface area contributed by atoms with Gasteiger partial charge in [-0.1, -0.05) is 0 Å². The Kier molecular flexibility index (Phi) is 2.62. The molecule has 1 aliphatic rings. The van der Waals surface area contributed by atoms with Crippen molar-refractivity contribution in [3.8, 4) is 0 Å². The Labute approximate surface area is 65.4 Å². The van der Waals surface area contributed by atoms with E-state index in [0.717, 1.165) is 0 Å². The minimum atomic E-state index is -0.999. The summed E-state index contributed by atoms with van der Waals surface area (Å²) in [5.74, 6) is -0.999. The summed E-state index contributed by atoms with van der Waals surface area (Å²) in [6.07, 6.45) is 2.92. The van der Waals surface area contributed by atoms with Crippen molar-refractivity contribution in [3.05, 3.63) is 12.2 Å². The molecule has 1 heterocycles. The van der Waals surface area contributed by atoms with Crippen molar-refractivity contribution >= 4 is 0 Å². The quantitative estimate of drug-likeness (QED) is 0.585. The Balaban J connectivity index is 2.57. The minimum Gasteiger partial charge on any atom is -0.390 e. The lowest BCUT2D eigenvalue weighted by Gasteiger charge is -2.24. The fourth-order valence-corrected chi connectivity index (χ4v) is 0.898. The molecule has 0 unspecified atom stereocenters. The standard InChI is InChI=1S/C7H12O4/c1-9-6-3-4-7(5-8,10-2)11-6/h3-4,6,8H,5H2,1-2H3/t6-,7-/m1/s1. The first-order valence-corrected chi connectivity index (χ1v) is 3.32. The van der Waals surface area contributed by atoms with E-state index in [2.05, 4.69) is 0 Å². The van der Waals surface area contributed by atoms with E-state index in [0.29, 0.717) is 0 Å². The van der Waals surface area contributed by atoms with Crippen LogP contribution in [0, 0.1) is 0 Å². The van der Waals surface area contributed by atoms with Gasteiger partial charge in [0, 0.05) is 14.2 Å². The Morgan fingerprint density at radius 1 is 1.64 bits per heavy atom. The average Bonchev–Trinajstić information content (AvgIpc) is 2.49. The molecule has 4 heteroatoms. The van der Waals surface area contributed by atoms with Gasteiger partial charge in [-0.15, -0.1) is 0 Å². The third-order valence-corrected chi connectivity index (χ3v) is 1.62. The Morgan fingerprint density at radius 3 is 2.64 bits per heavy atom. The second kappa shape index (κ2) is 3.32. The van der Waals surface area contributed by atoms with Gasteiger partial charge in [0.05, 0.1) is 0 Å². The van der Waals surface area contributed by atoms with Crippen LogP contribution in [-0.2, 0) is 14.2 Å². The normalized spacial score (nSPS) is 36.5. The highest BCUT2D eigenvalue weighted by molar-refractivity contribution is 5.04. The van der Waals surface area contributed by atoms with E-state index in [4.69, 9.17) is 19.3 Å². The second-order valence-electron chi connectivity index (χ2n) is 2.26. The first kappa shape index (κ1) is 8.67. The Bertz CT molecular complexity index is 151. The van der Waals surface area contributed by atoms with Crippen LogP contribution in [0.1, 0.15) is 0 Å². The number of hydrogen-bond donors (Lipinski definition) is 1. The minimum absolute atomic E-state index is 0.208. The third kappa shape index (κ3) is 1.59. The molecule has 1 N–H and O–H groups in total. The fraction of sp³-hybridized carbons (Fsp3) is 0.714. The van der Waals surface area contributed by atoms with Gasteiger partial charge in [-0.3, -0.25) is 0 Å². The lowest BCUT2D eigenvalue weighted by Crippen LogP contribution is -2.36. The topological polar surface area (TPSA) is 47.9 Å². The van der Waals surface area contributed by atoms with E-state index in [1.54, 1.807) is 12.2 Å². The molecule has 64 valence electrons. The number of aliphatic hydroxyl groups excluding tert-OH is 1. The predicted octanol–water partition coefficient (Wildman–Crippen LogP) is -0.120. The largest absolute Gasteiger partial charge is 0.390 e. The maximum Gasteiger partial charge on any atom is 0.214 e. The van der Waals surface area contributed by atoms with Crippen LogP contribution in [0.15, 0.2) is 12.2 Å². The molecule has 0 saturated heterocycles. The average molecular weight is 160 g/mol. The van der Waals surface area contributed by atoms with E-state index < -0.39 is 12.1 Å². The molecule has 2 atom stereocenters. The van der Waals surface area contributed by atoms with Gasteiger partial charge in [-0.25, -0.2) is 0 Å². The van der Waals surface area contributed by atoms with Crippen LogP contribution < -0.4 is 0 Å². The molecule has 0 aromatic carbocycles. The SMILES string of the molecule is CO[C@H]1C=C[C@@](CO)(OC)O1. The zero-order valence-electron chi connectivity index (χ0n) is 6.61. The molecule has 1 aliphatic heterocycles. The van der Waals surface area contributed by atoms with E-state index in [9.17, 15) is 0 Å². The zero-order valence-corrected chi connectivity index (χ0v) is 6.61. The van der Waals surface area contributed by atoms with Gasteiger partial charge in [0.1, 0.15) is 6.61 Å². The van der Waals surface area contributed by atoms with Crippen LogP contribution in [0.25, 0.3) is 0 Å². The molecule has 11 heavy (non-hydrogen) atoms. The van der Waals surface area contributed by atoms with Gasteiger partial charge in [0.15, 0.2) is 6.29 Å². The van der Waals surface area contributed by atoms with Crippen molar-refractivity contribution in [3.63, 3.8) is 0 Å². The summed E-state index contributed by atoms with van der Waals surface area (Å²) in [6.45, 7) is -0.208. The number of aliphatic hydroxyl groups is 1. The summed E-state index contributed by atoms with van der Waals surface area (Å²) in [5.41, 5.74) is 0. The molecule has 0 radical (unpaired) electrons. The molecular formula is C7H12O4.